The number of Topliss-reactive ketones (excluding diaryl/α,β-unsaturated/α-hetero) is 1. The van der Waals surface area contributed by atoms with E-state index in [1.807, 2.05) is 13.8 Å². The number of hydrogen-bond acceptors (Lipinski definition) is 2. The fraction of sp³-hybridized carbons (Fsp3) is 0.923. The highest BCUT2D eigenvalue weighted by Crippen LogP contribution is 2.16. The molecule has 0 N–H and O–H groups in total. The van der Waals surface area contributed by atoms with Crippen LogP contribution in [-0.2, 0) is 9.53 Å². The lowest BCUT2D eigenvalue weighted by atomic mass is 9.98. The van der Waals surface area contributed by atoms with Gasteiger partial charge >= 0.3 is 0 Å². The van der Waals surface area contributed by atoms with Gasteiger partial charge < -0.3 is 4.74 Å². The maximum Gasteiger partial charge on any atom is 0.135 e. The molecule has 0 aromatic heterocycles. The number of carbonyl (C=O) groups excluding carboxylic acids is 1. The van der Waals surface area contributed by atoms with Gasteiger partial charge in [-0.1, -0.05) is 32.6 Å². The molecule has 0 aliphatic heterocycles. The predicted molar refractivity (Wildman–Crippen MR) is 64.1 cm³/mol. The third-order valence-electron chi connectivity index (χ3n) is 2.73. The molecule has 0 aliphatic rings. The first-order chi connectivity index (χ1) is 7.02. The standard InChI is InChI=1S/C13H26O2/c1-5-6-7-8-9-10-12(14)11-13(2,3)15-4/h5-11H2,1-4H3. The third kappa shape index (κ3) is 8.61. The molecule has 0 radical (unpaired) electrons. The van der Waals surface area contributed by atoms with Crippen LogP contribution in [0.5, 0.6) is 0 Å². The molecule has 0 aromatic carbocycles. The average molecular weight is 214 g/mol. The minimum absolute atomic E-state index is 0.291. The van der Waals surface area contributed by atoms with E-state index in [4.69, 9.17) is 4.74 Å². The minimum Gasteiger partial charge on any atom is -0.378 e. The second-order valence-corrected chi connectivity index (χ2v) is 4.84. The van der Waals surface area contributed by atoms with E-state index in [1.54, 1.807) is 7.11 Å². The Labute approximate surface area is 94.4 Å². The summed E-state index contributed by atoms with van der Waals surface area (Å²) >= 11 is 0. The first-order valence-electron chi connectivity index (χ1n) is 6.08. The van der Waals surface area contributed by atoms with Crippen molar-refractivity contribution < 1.29 is 9.53 Å². The summed E-state index contributed by atoms with van der Waals surface area (Å²) in [6.45, 7) is 6.12. The lowest BCUT2D eigenvalue weighted by molar-refractivity contribution is -0.124. The molecule has 0 atom stereocenters. The van der Waals surface area contributed by atoms with Gasteiger partial charge in [-0.3, -0.25) is 4.79 Å². The van der Waals surface area contributed by atoms with Crippen LogP contribution in [0.25, 0.3) is 0 Å². The Bertz CT molecular complexity index is 173. The predicted octanol–water partition coefficient (Wildman–Crippen LogP) is 3.73. The molecular weight excluding hydrogens is 188 g/mol. The quantitative estimate of drug-likeness (QED) is 0.547. The van der Waals surface area contributed by atoms with E-state index in [-0.39, 0.29) is 5.60 Å². The second-order valence-electron chi connectivity index (χ2n) is 4.84. The molecule has 0 spiro atoms. The Hall–Kier alpha value is -0.370. The smallest absolute Gasteiger partial charge is 0.135 e. The van der Waals surface area contributed by atoms with E-state index in [1.165, 1.54) is 25.7 Å². The topological polar surface area (TPSA) is 26.3 Å². The zero-order valence-electron chi connectivity index (χ0n) is 10.8. The summed E-state index contributed by atoms with van der Waals surface area (Å²) in [7, 11) is 1.66. The van der Waals surface area contributed by atoms with Gasteiger partial charge in [-0.15, -0.1) is 0 Å². The molecule has 0 aromatic rings. The fourth-order valence-corrected chi connectivity index (χ4v) is 1.56. The molecule has 0 saturated carbocycles. The van der Waals surface area contributed by atoms with E-state index in [9.17, 15) is 4.79 Å². The Balaban J connectivity index is 3.49. The van der Waals surface area contributed by atoms with Crippen molar-refractivity contribution in [1.29, 1.82) is 0 Å². The van der Waals surface area contributed by atoms with Crippen LogP contribution in [-0.4, -0.2) is 18.5 Å². The molecule has 0 fully saturated rings. The molecule has 0 aliphatic carbocycles. The summed E-state index contributed by atoms with van der Waals surface area (Å²) in [5.74, 6) is 0.332. The van der Waals surface area contributed by atoms with Crippen molar-refractivity contribution in [2.45, 2.75) is 71.3 Å². The van der Waals surface area contributed by atoms with E-state index in [0.29, 0.717) is 12.2 Å². The molecule has 0 saturated heterocycles. The highest BCUT2D eigenvalue weighted by atomic mass is 16.5. The van der Waals surface area contributed by atoms with Crippen molar-refractivity contribution in [3.63, 3.8) is 0 Å². The van der Waals surface area contributed by atoms with Crippen molar-refractivity contribution in [2.24, 2.45) is 0 Å². The molecule has 0 unspecified atom stereocenters. The summed E-state index contributed by atoms with van der Waals surface area (Å²) < 4.78 is 5.23. The van der Waals surface area contributed by atoms with Gasteiger partial charge in [0.05, 0.1) is 5.60 Å². The number of rotatable bonds is 9. The van der Waals surface area contributed by atoms with Crippen molar-refractivity contribution in [3.05, 3.63) is 0 Å². The largest absolute Gasteiger partial charge is 0.378 e. The third-order valence-corrected chi connectivity index (χ3v) is 2.73. The molecule has 0 heterocycles. The number of hydrogen-bond donors (Lipinski definition) is 0. The normalized spacial score (nSPS) is 11.7. The Morgan fingerprint density at radius 3 is 2.27 bits per heavy atom. The second kappa shape index (κ2) is 7.86. The molecule has 15 heavy (non-hydrogen) atoms. The average Bonchev–Trinajstić information content (AvgIpc) is 2.17. The van der Waals surface area contributed by atoms with Gasteiger partial charge in [0.15, 0.2) is 0 Å². The highest BCUT2D eigenvalue weighted by molar-refractivity contribution is 5.79. The lowest BCUT2D eigenvalue weighted by Gasteiger charge is -2.21. The van der Waals surface area contributed by atoms with Gasteiger partial charge in [0, 0.05) is 20.0 Å². The lowest BCUT2D eigenvalue weighted by Crippen LogP contribution is -2.26. The van der Waals surface area contributed by atoms with Gasteiger partial charge in [-0.25, -0.2) is 0 Å². The van der Waals surface area contributed by atoms with Gasteiger partial charge in [0.1, 0.15) is 5.78 Å². The van der Waals surface area contributed by atoms with Gasteiger partial charge in [-0.05, 0) is 20.3 Å². The maximum atomic E-state index is 11.6. The molecule has 2 nitrogen and oxygen atoms in total. The number of ketones is 1. The van der Waals surface area contributed by atoms with Crippen LogP contribution in [0.4, 0.5) is 0 Å². The number of methoxy groups -OCH3 is 1. The first kappa shape index (κ1) is 14.6. The van der Waals surface area contributed by atoms with E-state index < -0.39 is 0 Å². The monoisotopic (exact) mass is 214 g/mol. The van der Waals surface area contributed by atoms with Crippen LogP contribution in [0.15, 0.2) is 0 Å². The van der Waals surface area contributed by atoms with E-state index in [0.717, 1.165) is 12.8 Å². The van der Waals surface area contributed by atoms with Crippen molar-refractivity contribution in [2.75, 3.05) is 7.11 Å². The van der Waals surface area contributed by atoms with Gasteiger partial charge in [-0.2, -0.15) is 0 Å². The maximum absolute atomic E-state index is 11.6. The van der Waals surface area contributed by atoms with Gasteiger partial charge in [0.2, 0.25) is 0 Å². The van der Waals surface area contributed by atoms with Crippen LogP contribution < -0.4 is 0 Å². The van der Waals surface area contributed by atoms with Crippen molar-refractivity contribution in [1.82, 2.24) is 0 Å². The Kier molecular flexibility index (Phi) is 7.67. The number of ether oxygens (including phenoxy) is 1. The Morgan fingerprint density at radius 2 is 1.73 bits per heavy atom. The van der Waals surface area contributed by atoms with E-state index in [2.05, 4.69) is 6.92 Å². The van der Waals surface area contributed by atoms with E-state index >= 15 is 0 Å². The molecule has 0 rings (SSSR count). The summed E-state index contributed by atoms with van der Waals surface area (Å²) in [4.78, 5) is 11.6. The first-order valence-corrected chi connectivity index (χ1v) is 6.08. The molecule has 0 bridgehead atoms. The fourth-order valence-electron chi connectivity index (χ4n) is 1.56. The molecular formula is C13H26O2. The molecule has 90 valence electrons. The van der Waals surface area contributed by atoms with Crippen molar-refractivity contribution in [3.8, 4) is 0 Å². The van der Waals surface area contributed by atoms with Crippen LogP contribution in [0, 0.1) is 0 Å². The molecule has 2 heteroatoms. The van der Waals surface area contributed by atoms with Crippen LogP contribution >= 0.6 is 0 Å². The highest BCUT2D eigenvalue weighted by Gasteiger charge is 2.20. The zero-order valence-corrected chi connectivity index (χ0v) is 10.8. The summed E-state index contributed by atoms with van der Waals surface area (Å²) in [6, 6.07) is 0. The van der Waals surface area contributed by atoms with Crippen molar-refractivity contribution >= 4 is 5.78 Å². The van der Waals surface area contributed by atoms with Crippen LogP contribution in [0.1, 0.15) is 65.7 Å². The van der Waals surface area contributed by atoms with Gasteiger partial charge in [0.25, 0.3) is 0 Å². The summed E-state index contributed by atoms with van der Waals surface area (Å²) in [5.41, 5.74) is -0.291. The SMILES string of the molecule is CCCCCCCC(=O)CC(C)(C)OC. The van der Waals surface area contributed by atoms with Crippen LogP contribution in [0.3, 0.4) is 0 Å². The number of unbranched alkanes of at least 4 members (excludes halogenated alkanes) is 4. The number of carbonyl (C=O) groups is 1. The summed E-state index contributed by atoms with van der Waals surface area (Å²) in [5, 5.41) is 0. The Morgan fingerprint density at radius 1 is 1.13 bits per heavy atom. The minimum atomic E-state index is -0.291. The zero-order chi connectivity index (χ0) is 11.7. The van der Waals surface area contributed by atoms with Crippen LogP contribution in [0.2, 0.25) is 0 Å². The molecule has 0 amide bonds. The summed E-state index contributed by atoms with van der Waals surface area (Å²) in [6.07, 6.45) is 7.29.